The van der Waals surface area contributed by atoms with Crippen molar-refractivity contribution in [2.75, 3.05) is 32.9 Å². The number of benzene rings is 1. The first-order chi connectivity index (χ1) is 13.2. The van der Waals surface area contributed by atoms with Gasteiger partial charge in [0, 0.05) is 32.6 Å². The second kappa shape index (κ2) is 8.61. The maximum absolute atomic E-state index is 13.1. The standard InChI is InChI=1S/C22H32N2O3/c25-21(24-12-15-27-22(17-24)10-13-26-14-11-22)23-20(16-18-6-4-5-7-18)19-8-2-1-3-9-19/h1-3,8-9,18,20H,4-7,10-17H2,(H,23,25). The minimum atomic E-state index is -0.207. The average Bonchev–Trinajstić information content (AvgIpc) is 3.22. The SMILES string of the molecule is O=C(NC(CC1CCCC1)c1ccccc1)N1CCOC2(CCOCC2)C1. The van der Waals surface area contributed by atoms with E-state index in [1.165, 1.54) is 31.2 Å². The van der Waals surface area contributed by atoms with Crippen LogP contribution < -0.4 is 5.32 Å². The summed E-state index contributed by atoms with van der Waals surface area (Å²) in [7, 11) is 0. The van der Waals surface area contributed by atoms with Gasteiger partial charge in [-0.15, -0.1) is 0 Å². The van der Waals surface area contributed by atoms with Crippen molar-refractivity contribution in [3.63, 3.8) is 0 Å². The van der Waals surface area contributed by atoms with Crippen LogP contribution in [0, 0.1) is 5.92 Å². The molecule has 148 valence electrons. The number of nitrogens with one attached hydrogen (secondary N) is 1. The predicted molar refractivity (Wildman–Crippen MR) is 105 cm³/mol. The molecule has 3 aliphatic rings. The fourth-order valence-corrected chi connectivity index (χ4v) is 4.85. The zero-order valence-electron chi connectivity index (χ0n) is 16.2. The van der Waals surface area contributed by atoms with Gasteiger partial charge in [-0.05, 0) is 17.9 Å². The van der Waals surface area contributed by atoms with Crippen LogP contribution in [-0.2, 0) is 9.47 Å². The fraction of sp³-hybridized carbons (Fsp3) is 0.682. The molecule has 2 amide bonds. The summed E-state index contributed by atoms with van der Waals surface area (Å²) in [4.78, 5) is 15.1. The van der Waals surface area contributed by atoms with Gasteiger partial charge >= 0.3 is 6.03 Å². The van der Waals surface area contributed by atoms with Gasteiger partial charge in [0.2, 0.25) is 0 Å². The molecule has 5 heteroatoms. The van der Waals surface area contributed by atoms with Gasteiger partial charge in [-0.1, -0.05) is 56.0 Å². The zero-order valence-corrected chi connectivity index (χ0v) is 16.2. The van der Waals surface area contributed by atoms with E-state index in [2.05, 4.69) is 29.6 Å². The number of hydrogen-bond acceptors (Lipinski definition) is 3. The molecule has 1 saturated carbocycles. The summed E-state index contributed by atoms with van der Waals surface area (Å²) in [5, 5.41) is 3.35. The van der Waals surface area contributed by atoms with Crippen molar-refractivity contribution in [2.45, 2.75) is 56.6 Å². The number of hydrogen-bond donors (Lipinski definition) is 1. The third-order valence-corrected chi connectivity index (χ3v) is 6.48. The van der Waals surface area contributed by atoms with Gasteiger partial charge < -0.3 is 19.7 Å². The molecule has 5 nitrogen and oxygen atoms in total. The highest BCUT2D eigenvalue weighted by Gasteiger charge is 2.40. The number of rotatable bonds is 4. The van der Waals surface area contributed by atoms with E-state index in [9.17, 15) is 4.79 Å². The smallest absolute Gasteiger partial charge is 0.318 e. The predicted octanol–water partition coefficient (Wildman–Crippen LogP) is 3.90. The van der Waals surface area contributed by atoms with Crippen LogP contribution in [0.4, 0.5) is 4.79 Å². The lowest BCUT2D eigenvalue weighted by atomic mass is 9.92. The quantitative estimate of drug-likeness (QED) is 0.872. The van der Waals surface area contributed by atoms with Crippen molar-refractivity contribution >= 4 is 6.03 Å². The van der Waals surface area contributed by atoms with Crippen molar-refractivity contribution in [1.29, 1.82) is 0 Å². The maximum Gasteiger partial charge on any atom is 0.318 e. The van der Waals surface area contributed by atoms with Crippen molar-refractivity contribution in [3.8, 4) is 0 Å². The van der Waals surface area contributed by atoms with Crippen LogP contribution in [0.1, 0.15) is 56.6 Å². The van der Waals surface area contributed by atoms with Crippen LogP contribution in [0.2, 0.25) is 0 Å². The van der Waals surface area contributed by atoms with Crippen molar-refractivity contribution in [2.24, 2.45) is 5.92 Å². The maximum atomic E-state index is 13.1. The summed E-state index contributed by atoms with van der Waals surface area (Å²) in [6.07, 6.45) is 8.03. The van der Waals surface area contributed by atoms with E-state index in [4.69, 9.17) is 9.47 Å². The van der Waals surface area contributed by atoms with E-state index >= 15 is 0 Å². The second-order valence-corrected chi connectivity index (χ2v) is 8.36. The number of carbonyl (C=O) groups is 1. The Balaban J connectivity index is 1.42. The molecule has 2 heterocycles. The van der Waals surface area contributed by atoms with Gasteiger partial charge in [-0.2, -0.15) is 0 Å². The van der Waals surface area contributed by atoms with Gasteiger partial charge in [-0.3, -0.25) is 0 Å². The molecule has 1 spiro atoms. The van der Waals surface area contributed by atoms with Gasteiger partial charge in [0.15, 0.2) is 0 Å². The van der Waals surface area contributed by atoms with Gasteiger partial charge in [0.25, 0.3) is 0 Å². The Bertz CT molecular complexity index is 604. The molecule has 0 bridgehead atoms. The molecule has 2 aliphatic heterocycles. The van der Waals surface area contributed by atoms with Crippen LogP contribution in [0.3, 0.4) is 0 Å². The number of ether oxygens (including phenoxy) is 2. The van der Waals surface area contributed by atoms with Crippen LogP contribution in [-0.4, -0.2) is 49.4 Å². The lowest BCUT2D eigenvalue weighted by Crippen LogP contribution is -2.58. The molecule has 1 N–H and O–H groups in total. The van der Waals surface area contributed by atoms with Gasteiger partial charge in [0.1, 0.15) is 0 Å². The Morgan fingerprint density at radius 3 is 2.63 bits per heavy atom. The number of nitrogens with zero attached hydrogens (tertiary/aromatic N) is 1. The third-order valence-electron chi connectivity index (χ3n) is 6.48. The lowest BCUT2D eigenvalue weighted by molar-refractivity contribution is -0.145. The number of carbonyl (C=O) groups excluding carboxylic acids is 1. The van der Waals surface area contributed by atoms with E-state index in [0.717, 1.165) is 38.4 Å². The molecular formula is C22H32N2O3. The molecule has 2 saturated heterocycles. The van der Waals surface area contributed by atoms with Crippen molar-refractivity contribution < 1.29 is 14.3 Å². The Morgan fingerprint density at radius 2 is 1.89 bits per heavy atom. The summed E-state index contributed by atoms with van der Waals surface area (Å²) in [6.45, 7) is 3.41. The van der Waals surface area contributed by atoms with E-state index in [1.807, 2.05) is 11.0 Å². The van der Waals surface area contributed by atoms with Crippen LogP contribution in [0.15, 0.2) is 30.3 Å². The van der Waals surface area contributed by atoms with E-state index in [1.54, 1.807) is 0 Å². The highest BCUT2D eigenvalue weighted by atomic mass is 16.5. The first-order valence-corrected chi connectivity index (χ1v) is 10.6. The zero-order chi connectivity index (χ0) is 18.5. The second-order valence-electron chi connectivity index (χ2n) is 8.36. The Kier molecular flexibility index (Phi) is 5.98. The summed E-state index contributed by atoms with van der Waals surface area (Å²) in [5.74, 6) is 0.724. The summed E-state index contributed by atoms with van der Waals surface area (Å²) in [6, 6.07) is 10.6. The number of urea groups is 1. The van der Waals surface area contributed by atoms with Crippen LogP contribution in [0.25, 0.3) is 0 Å². The molecule has 1 aromatic rings. The molecule has 0 radical (unpaired) electrons. The topological polar surface area (TPSA) is 50.8 Å². The fourth-order valence-electron chi connectivity index (χ4n) is 4.85. The molecule has 1 aromatic carbocycles. The summed E-state index contributed by atoms with van der Waals surface area (Å²) >= 11 is 0. The molecule has 1 aliphatic carbocycles. The minimum absolute atomic E-state index is 0.0519. The molecule has 0 aromatic heterocycles. The first kappa shape index (κ1) is 18.8. The highest BCUT2D eigenvalue weighted by molar-refractivity contribution is 5.75. The Hall–Kier alpha value is -1.59. The van der Waals surface area contributed by atoms with Crippen LogP contribution in [0.5, 0.6) is 0 Å². The third kappa shape index (κ3) is 4.64. The van der Waals surface area contributed by atoms with Crippen molar-refractivity contribution in [1.82, 2.24) is 10.2 Å². The van der Waals surface area contributed by atoms with E-state index in [-0.39, 0.29) is 17.7 Å². The molecule has 1 unspecified atom stereocenters. The monoisotopic (exact) mass is 372 g/mol. The van der Waals surface area contributed by atoms with Crippen molar-refractivity contribution in [3.05, 3.63) is 35.9 Å². The van der Waals surface area contributed by atoms with Gasteiger partial charge in [-0.25, -0.2) is 4.79 Å². The minimum Gasteiger partial charge on any atom is -0.381 e. The Morgan fingerprint density at radius 1 is 1.15 bits per heavy atom. The molecule has 4 rings (SSSR count). The molecular weight excluding hydrogens is 340 g/mol. The first-order valence-electron chi connectivity index (χ1n) is 10.6. The van der Waals surface area contributed by atoms with E-state index in [0.29, 0.717) is 19.7 Å². The van der Waals surface area contributed by atoms with Gasteiger partial charge in [0.05, 0.1) is 24.8 Å². The number of amides is 2. The molecule has 1 atom stereocenters. The van der Waals surface area contributed by atoms with E-state index < -0.39 is 0 Å². The number of morpholine rings is 1. The van der Waals surface area contributed by atoms with Crippen LogP contribution >= 0.6 is 0 Å². The summed E-state index contributed by atoms with van der Waals surface area (Å²) < 4.78 is 11.6. The molecule has 3 fully saturated rings. The largest absolute Gasteiger partial charge is 0.381 e. The average molecular weight is 373 g/mol. The Labute approximate surface area is 162 Å². The molecule has 27 heavy (non-hydrogen) atoms. The highest BCUT2D eigenvalue weighted by Crippen LogP contribution is 2.34. The lowest BCUT2D eigenvalue weighted by Gasteiger charge is -2.45. The summed E-state index contributed by atoms with van der Waals surface area (Å²) in [5.41, 5.74) is 1.01. The normalized spacial score (nSPS) is 24.1.